The second-order valence-corrected chi connectivity index (χ2v) is 8.41. The number of rotatable bonds is 6. The molecule has 0 fully saturated rings. The van der Waals surface area contributed by atoms with E-state index in [9.17, 15) is 14.4 Å². The van der Waals surface area contributed by atoms with Crippen molar-refractivity contribution >= 4 is 39.0 Å². The Kier molecular flexibility index (Phi) is 6.36. The summed E-state index contributed by atoms with van der Waals surface area (Å²) in [5, 5.41) is 9.78. The zero-order chi connectivity index (χ0) is 22.0. The highest BCUT2D eigenvalue weighted by Crippen LogP contribution is 2.31. The van der Waals surface area contributed by atoms with Gasteiger partial charge in [0.1, 0.15) is 5.00 Å². The van der Waals surface area contributed by atoms with E-state index >= 15 is 0 Å². The number of anilines is 1. The Morgan fingerprint density at radius 1 is 1.17 bits per heavy atom. The lowest BCUT2D eigenvalue weighted by atomic mass is 10.0. The number of aromatic nitrogens is 2. The first-order chi connectivity index (χ1) is 14.2. The van der Waals surface area contributed by atoms with Crippen LogP contribution < -0.4 is 10.9 Å². The molecule has 7 nitrogen and oxygen atoms in total. The van der Waals surface area contributed by atoms with Crippen LogP contribution in [0.1, 0.15) is 56.6 Å². The first kappa shape index (κ1) is 21.7. The van der Waals surface area contributed by atoms with Crippen LogP contribution in [0.3, 0.4) is 0 Å². The topological polar surface area (TPSA) is 90.3 Å². The molecule has 0 saturated heterocycles. The number of amides is 1. The van der Waals surface area contributed by atoms with Gasteiger partial charge in [0.05, 0.1) is 17.7 Å². The Labute approximate surface area is 178 Å². The maximum atomic E-state index is 13.3. The summed E-state index contributed by atoms with van der Waals surface area (Å²) in [5.41, 5.74) is 1.29. The van der Waals surface area contributed by atoms with E-state index in [1.165, 1.54) is 16.0 Å². The molecule has 30 heavy (non-hydrogen) atoms. The molecule has 3 rings (SSSR count). The smallest absolute Gasteiger partial charge is 0.359 e. The van der Waals surface area contributed by atoms with Crippen LogP contribution in [0.15, 0.2) is 34.4 Å². The third kappa shape index (κ3) is 4.14. The van der Waals surface area contributed by atoms with Gasteiger partial charge in [0.15, 0.2) is 5.69 Å². The fourth-order valence-electron chi connectivity index (χ4n) is 2.92. The first-order valence-corrected chi connectivity index (χ1v) is 10.7. The zero-order valence-electron chi connectivity index (χ0n) is 17.7. The number of carbonyl (C=O) groups excluding carboxylic acids is 2. The standard InChI is InChI=1S/C22H25N3O4S/c1-6-29-22(28)18-16-11-30-20(23-19(26)13(4)5)17(16)21(27)25(24-18)15-9-7-14(8-10-15)12(2)3/h7-13H,6H2,1-5H3,(H,23,26). The SMILES string of the molecule is CCOC(=O)c1nn(-c2ccc(C(C)C)cc2)c(=O)c2c(NC(=O)C(C)C)scc12. The van der Waals surface area contributed by atoms with Crippen molar-refractivity contribution in [1.29, 1.82) is 0 Å². The molecule has 2 heterocycles. The predicted molar refractivity (Wildman–Crippen MR) is 119 cm³/mol. The molecule has 0 atom stereocenters. The van der Waals surface area contributed by atoms with Crippen molar-refractivity contribution in [3.05, 3.63) is 51.3 Å². The van der Waals surface area contributed by atoms with Crippen LogP contribution in [0.25, 0.3) is 16.5 Å². The van der Waals surface area contributed by atoms with Gasteiger partial charge in [-0.1, -0.05) is 39.8 Å². The van der Waals surface area contributed by atoms with E-state index in [-0.39, 0.29) is 29.5 Å². The highest BCUT2D eigenvalue weighted by Gasteiger charge is 2.23. The Hall–Kier alpha value is -3.00. The molecule has 0 aliphatic rings. The van der Waals surface area contributed by atoms with Crippen LogP contribution in [-0.2, 0) is 9.53 Å². The third-order valence-electron chi connectivity index (χ3n) is 4.69. The van der Waals surface area contributed by atoms with Gasteiger partial charge in [-0.15, -0.1) is 11.3 Å². The van der Waals surface area contributed by atoms with Gasteiger partial charge in [-0.05, 0) is 30.5 Å². The van der Waals surface area contributed by atoms with Crippen molar-refractivity contribution in [3.63, 3.8) is 0 Å². The molecule has 0 aliphatic heterocycles. The van der Waals surface area contributed by atoms with Crippen LogP contribution in [0.5, 0.6) is 0 Å². The summed E-state index contributed by atoms with van der Waals surface area (Å²) < 4.78 is 6.34. The molecule has 8 heteroatoms. The lowest BCUT2D eigenvalue weighted by molar-refractivity contribution is -0.118. The molecular weight excluding hydrogens is 402 g/mol. The van der Waals surface area contributed by atoms with Crippen LogP contribution in [0.4, 0.5) is 5.00 Å². The zero-order valence-corrected chi connectivity index (χ0v) is 18.5. The summed E-state index contributed by atoms with van der Waals surface area (Å²) in [4.78, 5) is 38.1. The molecule has 0 aliphatic carbocycles. The number of esters is 1. The molecule has 2 aromatic heterocycles. The van der Waals surface area contributed by atoms with Crippen LogP contribution in [0, 0.1) is 5.92 Å². The van der Waals surface area contributed by atoms with Crippen molar-refractivity contribution in [2.75, 3.05) is 11.9 Å². The Morgan fingerprint density at radius 2 is 1.83 bits per heavy atom. The number of fused-ring (bicyclic) bond motifs is 1. The minimum atomic E-state index is -0.616. The molecule has 3 aromatic rings. The largest absolute Gasteiger partial charge is 0.461 e. The van der Waals surface area contributed by atoms with E-state index in [4.69, 9.17) is 4.74 Å². The van der Waals surface area contributed by atoms with Gasteiger partial charge in [-0.3, -0.25) is 9.59 Å². The highest BCUT2D eigenvalue weighted by molar-refractivity contribution is 7.16. The summed E-state index contributed by atoms with van der Waals surface area (Å²) in [6.45, 7) is 9.60. The fraction of sp³-hybridized carbons (Fsp3) is 0.364. The van der Waals surface area contributed by atoms with E-state index in [0.29, 0.717) is 22.0 Å². The average Bonchev–Trinajstić information content (AvgIpc) is 3.12. The minimum Gasteiger partial charge on any atom is -0.461 e. The quantitative estimate of drug-likeness (QED) is 0.591. The Bertz CT molecular complexity index is 1140. The molecule has 158 valence electrons. The lowest BCUT2D eigenvalue weighted by Gasteiger charge is -2.11. The maximum Gasteiger partial charge on any atom is 0.359 e. The molecule has 0 bridgehead atoms. The van der Waals surface area contributed by atoms with Gasteiger partial charge in [0.2, 0.25) is 5.91 Å². The third-order valence-corrected chi connectivity index (χ3v) is 5.58. The van der Waals surface area contributed by atoms with Gasteiger partial charge in [0.25, 0.3) is 5.56 Å². The molecule has 1 N–H and O–H groups in total. The van der Waals surface area contributed by atoms with E-state index in [2.05, 4.69) is 24.3 Å². The van der Waals surface area contributed by atoms with Crippen molar-refractivity contribution in [1.82, 2.24) is 9.78 Å². The molecular formula is C22H25N3O4S. The number of ether oxygens (including phenoxy) is 1. The number of benzene rings is 1. The van der Waals surface area contributed by atoms with Crippen molar-refractivity contribution < 1.29 is 14.3 Å². The first-order valence-electron chi connectivity index (χ1n) is 9.87. The van der Waals surface area contributed by atoms with Crippen LogP contribution in [0.2, 0.25) is 0 Å². The normalized spacial score (nSPS) is 11.3. The molecule has 0 unspecified atom stereocenters. The molecule has 0 spiro atoms. The molecule has 1 amide bonds. The second-order valence-electron chi connectivity index (χ2n) is 7.53. The molecule has 1 aromatic carbocycles. The van der Waals surface area contributed by atoms with Gasteiger partial charge in [-0.2, -0.15) is 9.78 Å². The predicted octanol–water partition coefficient (Wildman–Crippen LogP) is 4.34. The number of carbonyl (C=O) groups is 2. The minimum absolute atomic E-state index is 0.0423. The van der Waals surface area contributed by atoms with E-state index < -0.39 is 11.5 Å². The number of thiophene rings is 1. The molecule has 0 saturated carbocycles. The second kappa shape index (κ2) is 8.79. The van der Waals surface area contributed by atoms with Gasteiger partial charge in [-0.25, -0.2) is 4.79 Å². The van der Waals surface area contributed by atoms with Crippen LogP contribution >= 0.6 is 11.3 Å². The van der Waals surface area contributed by atoms with Gasteiger partial charge < -0.3 is 10.1 Å². The van der Waals surface area contributed by atoms with Crippen molar-refractivity contribution in [2.45, 2.75) is 40.5 Å². The van der Waals surface area contributed by atoms with E-state index in [1.54, 1.807) is 38.3 Å². The highest BCUT2D eigenvalue weighted by atomic mass is 32.1. The van der Waals surface area contributed by atoms with Gasteiger partial charge >= 0.3 is 5.97 Å². The summed E-state index contributed by atoms with van der Waals surface area (Å²) in [6.07, 6.45) is 0. The summed E-state index contributed by atoms with van der Waals surface area (Å²) in [6, 6.07) is 7.45. The number of hydrogen-bond acceptors (Lipinski definition) is 6. The summed E-state index contributed by atoms with van der Waals surface area (Å²) >= 11 is 1.19. The number of nitrogens with zero attached hydrogens (tertiary/aromatic N) is 2. The number of hydrogen-bond donors (Lipinski definition) is 1. The van der Waals surface area contributed by atoms with Gasteiger partial charge in [0, 0.05) is 16.7 Å². The van der Waals surface area contributed by atoms with Crippen molar-refractivity contribution in [3.8, 4) is 5.69 Å². The Morgan fingerprint density at radius 3 is 2.40 bits per heavy atom. The lowest BCUT2D eigenvalue weighted by Crippen LogP contribution is -2.26. The monoisotopic (exact) mass is 427 g/mol. The van der Waals surface area contributed by atoms with E-state index in [0.717, 1.165) is 5.56 Å². The average molecular weight is 428 g/mol. The number of nitrogens with one attached hydrogen (secondary N) is 1. The van der Waals surface area contributed by atoms with Crippen molar-refractivity contribution in [2.24, 2.45) is 5.92 Å². The maximum absolute atomic E-state index is 13.3. The Balaban J connectivity index is 2.24. The fourth-order valence-corrected chi connectivity index (χ4v) is 3.86. The summed E-state index contributed by atoms with van der Waals surface area (Å²) in [5.74, 6) is -0.731. The summed E-state index contributed by atoms with van der Waals surface area (Å²) in [7, 11) is 0. The van der Waals surface area contributed by atoms with Crippen LogP contribution in [-0.4, -0.2) is 28.3 Å². The van der Waals surface area contributed by atoms with E-state index in [1.807, 2.05) is 12.1 Å². The molecule has 0 radical (unpaired) electrons.